The van der Waals surface area contributed by atoms with Crippen LogP contribution in [0.25, 0.3) is 0 Å². The van der Waals surface area contributed by atoms with Crippen molar-refractivity contribution in [1.29, 1.82) is 0 Å². The summed E-state index contributed by atoms with van der Waals surface area (Å²) in [6.07, 6.45) is 2.13. The van der Waals surface area contributed by atoms with Crippen LogP contribution in [0.1, 0.15) is 23.2 Å². The molecule has 0 spiro atoms. The summed E-state index contributed by atoms with van der Waals surface area (Å²) in [5, 5.41) is 11.4. The van der Waals surface area contributed by atoms with Gasteiger partial charge in [-0.1, -0.05) is 6.07 Å². The lowest BCUT2D eigenvalue weighted by molar-refractivity contribution is -0.118. The molecule has 20 heavy (non-hydrogen) atoms. The zero-order chi connectivity index (χ0) is 14.8. The van der Waals surface area contributed by atoms with E-state index in [4.69, 9.17) is 5.11 Å². The van der Waals surface area contributed by atoms with Gasteiger partial charge >= 0.3 is 5.97 Å². The highest BCUT2D eigenvalue weighted by molar-refractivity contribution is 7.92. The molecule has 1 saturated carbocycles. The van der Waals surface area contributed by atoms with Crippen LogP contribution in [0.5, 0.6) is 0 Å². The molecule has 0 bridgehead atoms. The van der Waals surface area contributed by atoms with Crippen LogP contribution in [0.2, 0.25) is 0 Å². The lowest BCUT2D eigenvalue weighted by atomic mass is 10.2. The van der Waals surface area contributed by atoms with Crippen molar-refractivity contribution in [2.24, 2.45) is 5.92 Å². The van der Waals surface area contributed by atoms with Crippen LogP contribution >= 0.6 is 0 Å². The van der Waals surface area contributed by atoms with E-state index in [9.17, 15) is 18.0 Å². The predicted octanol–water partition coefficient (Wildman–Crippen LogP) is 0.685. The normalized spacial score (nSPS) is 14.8. The van der Waals surface area contributed by atoms with Crippen LogP contribution in [-0.4, -0.2) is 37.7 Å². The van der Waals surface area contributed by atoms with Gasteiger partial charge in [-0.15, -0.1) is 0 Å². The van der Waals surface area contributed by atoms with E-state index in [0.29, 0.717) is 12.5 Å². The highest BCUT2D eigenvalue weighted by Gasteiger charge is 2.24. The van der Waals surface area contributed by atoms with Crippen molar-refractivity contribution in [2.45, 2.75) is 17.7 Å². The molecule has 0 heterocycles. The molecule has 0 aromatic heterocycles. The molecule has 1 aromatic carbocycles. The van der Waals surface area contributed by atoms with Crippen molar-refractivity contribution in [3.63, 3.8) is 0 Å². The van der Waals surface area contributed by atoms with Gasteiger partial charge in [-0.25, -0.2) is 13.2 Å². The number of benzene rings is 1. The molecular formula is C13H15NO5S. The SMILES string of the molecule is O=C(CS(=O)(=O)c1cccc(C(=O)O)c1)NCC1CC1. The van der Waals surface area contributed by atoms with Crippen molar-refractivity contribution in [3.8, 4) is 0 Å². The fourth-order valence-corrected chi connectivity index (χ4v) is 2.92. The minimum Gasteiger partial charge on any atom is -0.478 e. The van der Waals surface area contributed by atoms with Gasteiger partial charge in [0.25, 0.3) is 0 Å². The van der Waals surface area contributed by atoms with E-state index in [1.54, 1.807) is 0 Å². The first-order valence-corrected chi connectivity index (χ1v) is 7.86. The molecule has 0 aliphatic heterocycles. The minimum absolute atomic E-state index is 0.121. The number of sulfone groups is 1. The van der Waals surface area contributed by atoms with Gasteiger partial charge in [-0.2, -0.15) is 0 Å². The monoisotopic (exact) mass is 297 g/mol. The number of carbonyl (C=O) groups excluding carboxylic acids is 1. The van der Waals surface area contributed by atoms with Gasteiger partial charge in [0, 0.05) is 6.54 Å². The van der Waals surface area contributed by atoms with Crippen molar-refractivity contribution in [2.75, 3.05) is 12.3 Å². The van der Waals surface area contributed by atoms with Gasteiger partial charge in [0.2, 0.25) is 5.91 Å². The lowest BCUT2D eigenvalue weighted by Gasteiger charge is -2.06. The summed E-state index contributed by atoms with van der Waals surface area (Å²) in [6, 6.07) is 4.99. The largest absolute Gasteiger partial charge is 0.478 e. The van der Waals surface area contributed by atoms with Crippen LogP contribution in [0, 0.1) is 5.92 Å². The topological polar surface area (TPSA) is 101 Å². The molecule has 0 saturated heterocycles. The average molecular weight is 297 g/mol. The quantitative estimate of drug-likeness (QED) is 0.804. The third-order valence-electron chi connectivity index (χ3n) is 3.05. The van der Waals surface area contributed by atoms with E-state index in [-0.39, 0.29) is 10.5 Å². The summed E-state index contributed by atoms with van der Waals surface area (Å²) >= 11 is 0. The van der Waals surface area contributed by atoms with Crippen molar-refractivity contribution in [3.05, 3.63) is 29.8 Å². The first kappa shape index (κ1) is 14.5. The van der Waals surface area contributed by atoms with E-state index in [1.165, 1.54) is 18.2 Å². The second kappa shape index (κ2) is 5.62. The molecule has 6 nitrogen and oxygen atoms in total. The summed E-state index contributed by atoms with van der Waals surface area (Å²) in [4.78, 5) is 22.2. The van der Waals surface area contributed by atoms with Gasteiger partial charge in [-0.05, 0) is 37.0 Å². The first-order chi connectivity index (χ1) is 9.38. The maximum atomic E-state index is 12.0. The van der Waals surface area contributed by atoms with Gasteiger partial charge in [0.1, 0.15) is 5.75 Å². The Morgan fingerprint density at radius 3 is 2.60 bits per heavy atom. The molecule has 1 amide bonds. The summed E-state index contributed by atoms with van der Waals surface area (Å²) in [7, 11) is -3.82. The predicted molar refractivity (Wildman–Crippen MR) is 71.2 cm³/mol. The van der Waals surface area contributed by atoms with Gasteiger partial charge < -0.3 is 10.4 Å². The zero-order valence-corrected chi connectivity index (χ0v) is 11.5. The van der Waals surface area contributed by atoms with Crippen LogP contribution in [0.3, 0.4) is 0 Å². The number of aromatic carboxylic acids is 1. The van der Waals surface area contributed by atoms with Crippen molar-refractivity contribution in [1.82, 2.24) is 5.32 Å². The van der Waals surface area contributed by atoms with Gasteiger partial charge in [0.15, 0.2) is 9.84 Å². The molecule has 1 aromatic rings. The molecule has 1 fully saturated rings. The van der Waals surface area contributed by atoms with E-state index in [2.05, 4.69) is 5.32 Å². The maximum absolute atomic E-state index is 12.0. The van der Waals surface area contributed by atoms with Crippen LogP contribution in [-0.2, 0) is 14.6 Å². The number of carboxylic acid groups (broad SMARTS) is 1. The van der Waals surface area contributed by atoms with Crippen LogP contribution in [0.4, 0.5) is 0 Å². The van der Waals surface area contributed by atoms with Crippen LogP contribution in [0.15, 0.2) is 29.2 Å². The van der Waals surface area contributed by atoms with E-state index in [1.807, 2.05) is 0 Å². The smallest absolute Gasteiger partial charge is 0.335 e. The van der Waals surface area contributed by atoms with Crippen molar-refractivity contribution < 1.29 is 23.1 Å². The molecule has 0 radical (unpaired) electrons. The Bertz CT molecular complexity index is 634. The maximum Gasteiger partial charge on any atom is 0.335 e. The Kier molecular flexibility index (Phi) is 4.08. The summed E-state index contributed by atoms with van der Waals surface area (Å²) < 4.78 is 24.0. The molecule has 108 valence electrons. The fraction of sp³-hybridized carbons (Fsp3) is 0.385. The number of nitrogens with one attached hydrogen (secondary N) is 1. The van der Waals surface area contributed by atoms with E-state index < -0.39 is 27.5 Å². The Morgan fingerprint density at radius 2 is 2.00 bits per heavy atom. The van der Waals surface area contributed by atoms with E-state index >= 15 is 0 Å². The standard InChI is InChI=1S/C13H15NO5S/c15-12(14-7-9-4-5-9)8-20(18,19)11-3-1-2-10(6-11)13(16)17/h1-3,6,9H,4-5,7-8H2,(H,14,15)(H,16,17). The third kappa shape index (κ3) is 3.80. The molecule has 1 aliphatic carbocycles. The number of hydrogen-bond acceptors (Lipinski definition) is 4. The highest BCUT2D eigenvalue weighted by atomic mass is 32.2. The molecule has 0 unspecified atom stereocenters. The Hall–Kier alpha value is -1.89. The van der Waals surface area contributed by atoms with E-state index in [0.717, 1.165) is 18.9 Å². The zero-order valence-electron chi connectivity index (χ0n) is 10.7. The number of hydrogen-bond donors (Lipinski definition) is 2. The second-order valence-corrected chi connectivity index (χ2v) is 6.83. The third-order valence-corrected chi connectivity index (χ3v) is 4.66. The highest BCUT2D eigenvalue weighted by Crippen LogP contribution is 2.27. The van der Waals surface area contributed by atoms with Gasteiger partial charge in [0.05, 0.1) is 10.5 Å². The Balaban J connectivity index is 2.06. The molecule has 2 rings (SSSR count). The Morgan fingerprint density at radius 1 is 1.30 bits per heavy atom. The first-order valence-electron chi connectivity index (χ1n) is 6.21. The summed E-state index contributed by atoms with van der Waals surface area (Å²) in [5.74, 6) is -1.96. The summed E-state index contributed by atoms with van der Waals surface area (Å²) in [6.45, 7) is 0.503. The Labute approximate surface area is 116 Å². The van der Waals surface area contributed by atoms with Gasteiger partial charge in [-0.3, -0.25) is 4.79 Å². The molecular weight excluding hydrogens is 282 g/mol. The molecule has 2 N–H and O–H groups in total. The van der Waals surface area contributed by atoms with Crippen LogP contribution < -0.4 is 5.32 Å². The number of carboxylic acids is 1. The summed E-state index contributed by atoms with van der Waals surface area (Å²) in [5.41, 5.74) is -0.121. The minimum atomic E-state index is -3.82. The second-order valence-electron chi connectivity index (χ2n) is 4.84. The van der Waals surface area contributed by atoms with Crippen molar-refractivity contribution >= 4 is 21.7 Å². The lowest BCUT2D eigenvalue weighted by Crippen LogP contribution is -2.31. The number of rotatable bonds is 6. The molecule has 1 aliphatic rings. The number of carbonyl (C=O) groups is 2. The number of amides is 1. The average Bonchev–Trinajstić information content (AvgIpc) is 3.20. The fourth-order valence-electron chi connectivity index (χ4n) is 1.71. The molecule has 0 atom stereocenters. The molecule has 7 heteroatoms.